The first-order valence-electron chi connectivity index (χ1n) is 6.43. The molecule has 0 saturated heterocycles. The highest BCUT2D eigenvalue weighted by Gasteiger charge is 2.19. The minimum atomic E-state index is -0.758. The second-order valence-electron chi connectivity index (χ2n) is 4.55. The van der Waals surface area contributed by atoms with Gasteiger partial charge in [0.2, 0.25) is 0 Å². The third kappa shape index (κ3) is 2.76. The van der Waals surface area contributed by atoms with Crippen LogP contribution in [-0.4, -0.2) is 17.2 Å². The highest BCUT2D eigenvalue weighted by Crippen LogP contribution is 2.31. The summed E-state index contributed by atoms with van der Waals surface area (Å²) in [7, 11) is 1.61. The largest absolute Gasteiger partial charge is 0.496 e. The van der Waals surface area contributed by atoms with Gasteiger partial charge < -0.3 is 9.84 Å². The molecule has 1 unspecified atom stereocenters. The molecule has 2 rings (SSSR count). The van der Waals surface area contributed by atoms with Crippen LogP contribution in [0, 0.1) is 6.92 Å². The lowest BCUT2D eigenvalue weighted by Gasteiger charge is -2.17. The lowest BCUT2D eigenvalue weighted by Crippen LogP contribution is -2.08. The van der Waals surface area contributed by atoms with Crippen molar-refractivity contribution >= 4 is 0 Å². The van der Waals surface area contributed by atoms with Gasteiger partial charge in [0.05, 0.1) is 12.8 Å². The van der Waals surface area contributed by atoms with Gasteiger partial charge in [0, 0.05) is 11.8 Å². The summed E-state index contributed by atoms with van der Waals surface area (Å²) in [5, 5.41) is 10.6. The van der Waals surface area contributed by atoms with Gasteiger partial charge in [0.25, 0.3) is 0 Å². The predicted molar refractivity (Wildman–Crippen MR) is 75.4 cm³/mol. The number of aliphatic hydroxyl groups is 1. The van der Waals surface area contributed by atoms with Crippen LogP contribution in [0.4, 0.5) is 0 Å². The average molecular weight is 257 g/mol. The van der Waals surface area contributed by atoms with E-state index in [1.54, 1.807) is 13.3 Å². The monoisotopic (exact) mass is 257 g/mol. The molecular formula is C16H19NO2. The van der Waals surface area contributed by atoms with Crippen LogP contribution in [0.1, 0.15) is 35.4 Å². The minimum absolute atomic E-state index is 0.686. The first-order chi connectivity index (χ1) is 9.17. The first kappa shape index (κ1) is 13.6. The fourth-order valence-corrected chi connectivity index (χ4v) is 2.21. The van der Waals surface area contributed by atoms with Gasteiger partial charge in [0.1, 0.15) is 11.9 Å². The van der Waals surface area contributed by atoms with Crippen LogP contribution < -0.4 is 4.74 Å². The number of pyridine rings is 1. The van der Waals surface area contributed by atoms with Gasteiger partial charge in [-0.05, 0) is 37.1 Å². The average Bonchev–Trinajstić information content (AvgIpc) is 2.46. The number of aromatic nitrogens is 1. The van der Waals surface area contributed by atoms with Crippen molar-refractivity contribution in [2.45, 2.75) is 26.4 Å². The molecule has 0 radical (unpaired) electrons. The van der Waals surface area contributed by atoms with Crippen LogP contribution in [0.2, 0.25) is 0 Å². The van der Waals surface area contributed by atoms with Gasteiger partial charge in [-0.1, -0.05) is 24.6 Å². The Morgan fingerprint density at radius 3 is 2.79 bits per heavy atom. The lowest BCUT2D eigenvalue weighted by molar-refractivity contribution is 0.208. The Morgan fingerprint density at radius 1 is 1.32 bits per heavy atom. The molecule has 0 aliphatic rings. The maximum atomic E-state index is 10.6. The normalized spacial score (nSPS) is 12.2. The maximum Gasteiger partial charge on any atom is 0.125 e. The van der Waals surface area contributed by atoms with Crippen LogP contribution in [-0.2, 0) is 6.42 Å². The van der Waals surface area contributed by atoms with Crippen molar-refractivity contribution in [2.75, 3.05) is 7.11 Å². The number of aliphatic hydroxyl groups excluding tert-OH is 1. The number of rotatable bonds is 4. The summed E-state index contributed by atoms with van der Waals surface area (Å²) >= 11 is 0. The Kier molecular flexibility index (Phi) is 4.17. The van der Waals surface area contributed by atoms with Crippen molar-refractivity contribution in [1.29, 1.82) is 0 Å². The number of aryl methyl sites for hydroxylation is 2. The molecule has 0 amide bonds. The summed E-state index contributed by atoms with van der Waals surface area (Å²) in [5.74, 6) is 0.686. The number of ether oxygens (including phenoxy) is 1. The van der Waals surface area contributed by atoms with Gasteiger partial charge in [-0.25, -0.2) is 0 Å². The van der Waals surface area contributed by atoms with Gasteiger partial charge in [-0.15, -0.1) is 0 Å². The van der Waals surface area contributed by atoms with Gasteiger partial charge in [-0.3, -0.25) is 4.98 Å². The summed E-state index contributed by atoms with van der Waals surface area (Å²) in [6.45, 7) is 4.05. The lowest BCUT2D eigenvalue weighted by atomic mass is 9.98. The Labute approximate surface area is 113 Å². The molecule has 1 N–H and O–H groups in total. The van der Waals surface area contributed by atoms with E-state index in [2.05, 4.69) is 11.9 Å². The van der Waals surface area contributed by atoms with E-state index in [0.29, 0.717) is 11.4 Å². The van der Waals surface area contributed by atoms with E-state index in [9.17, 15) is 5.11 Å². The molecule has 0 aliphatic carbocycles. The molecule has 1 aromatic carbocycles. The van der Waals surface area contributed by atoms with Crippen molar-refractivity contribution < 1.29 is 9.84 Å². The summed E-state index contributed by atoms with van der Waals surface area (Å²) in [4.78, 5) is 4.33. The Balaban J connectivity index is 2.49. The van der Waals surface area contributed by atoms with E-state index in [4.69, 9.17) is 4.74 Å². The smallest absolute Gasteiger partial charge is 0.125 e. The Hall–Kier alpha value is -1.87. The van der Waals surface area contributed by atoms with Crippen molar-refractivity contribution in [1.82, 2.24) is 4.98 Å². The van der Waals surface area contributed by atoms with Crippen molar-refractivity contribution in [3.05, 3.63) is 58.9 Å². The molecule has 19 heavy (non-hydrogen) atoms. The molecule has 0 aliphatic heterocycles. The van der Waals surface area contributed by atoms with Gasteiger partial charge in [0.15, 0.2) is 0 Å². The zero-order valence-corrected chi connectivity index (χ0v) is 11.6. The third-order valence-corrected chi connectivity index (χ3v) is 3.25. The maximum absolute atomic E-state index is 10.6. The van der Waals surface area contributed by atoms with Crippen molar-refractivity contribution in [3.8, 4) is 5.75 Å². The number of hydrogen-bond acceptors (Lipinski definition) is 3. The zero-order valence-electron chi connectivity index (χ0n) is 11.6. The summed E-state index contributed by atoms with van der Waals surface area (Å²) < 4.78 is 5.33. The molecule has 1 atom stereocenters. The van der Waals surface area contributed by atoms with Crippen LogP contribution >= 0.6 is 0 Å². The number of nitrogens with zero attached hydrogens (tertiary/aromatic N) is 1. The Morgan fingerprint density at radius 2 is 2.11 bits per heavy atom. The third-order valence-electron chi connectivity index (χ3n) is 3.25. The Bertz CT molecular complexity index is 566. The van der Waals surface area contributed by atoms with Crippen molar-refractivity contribution in [2.24, 2.45) is 0 Å². The molecule has 0 spiro atoms. The molecule has 100 valence electrons. The molecule has 0 fully saturated rings. The molecule has 3 heteroatoms. The molecular weight excluding hydrogens is 238 g/mol. The van der Waals surface area contributed by atoms with Crippen LogP contribution in [0.5, 0.6) is 5.75 Å². The second-order valence-corrected chi connectivity index (χ2v) is 4.55. The molecule has 3 nitrogen and oxygen atoms in total. The van der Waals surface area contributed by atoms with E-state index in [1.165, 1.54) is 0 Å². The number of hydrogen-bond donors (Lipinski definition) is 1. The fourth-order valence-electron chi connectivity index (χ4n) is 2.21. The number of benzene rings is 1. The van der Waals surface area contributed by atoms with Crippen LogP contribution in [0.25, 0.3) is 0 Å². The van der Waals surface area contributed by atoms with E-state index >= 15 is 0 Å². The topological polar surface area (TPSA) is 42.4 Å². The summed E-state index contributed by atoms with van der Waals surface area (Å²) in [6, 6.07) is 9.67. The van der Waals surface area contributed by atoms with E-state index < -0.39 is 6.10 Å². The fraction of sp³-hybridized carbons (Fsp3) is 0.312. The van der Waals surface area contributed by atoms with Crippen LogP contribution in [0.15, 0.2) is 36.5 Å². The minimum Gasteiger partial charge on any atom is -0.496 e. The first-order valence-corrected chi connectivity index (χ1v) is 6.43. The van der Waals surface area contributed by atoms with E-state index in [-0.39, 0.29) is 0 Å². The second kappa shape index (κ2) is 5.85. The quantitative estimate of drug-likeness (QED) is 0.915. The molecule has 0 saturated carbocycles. The summed E-state index contributed by atoms with van der Waals surface area (Å²) in [6.07, 6.45) is 1.79. The highest BCUT2D eigenvalue weighted by molar-refractivity contribution is 5.42. The van der Waals surface area contributed by atoms with Crippen LogP contribution in [0.3, 0.4) is 0 Å². The number of methoxy groups -OCH3 is 1. The molecule has 2 aromatic rings. The summed E-state index contributed by atoms with van der Waals surface area (Å²) in [5.41, 5.74) is 3.60. The molecule has 1 heterocycles. The van der Waals surface area contributed by atoms with E-state index in [0.717, 1.165) is 23.1 Å². The standard InChI is InChI=1S/C16H19NO2/c1-4-12-6-5-9-17-15(12)16(18)13-10-11(2)7-8-14(13)19-3/h5-10,16,18H,4H2,1-3H3. The van der Waals surface area contributed by atoms with Crippen molar-refractivity contribution in [3.63, 3.8) is 0 Å². The van der Waals surface area contributed by atoms with Gasteiger partial charge >= 0.3 is 0 Å². The highest BCUT2D eigenvalue weighted by atomic mass is 16.5. The van der Waals surface area contributed by atoms with Gasteiger partial charge in [-0.2, -0.15) is 0 Å². The zero-order chi connectivity index (χ0) is 13.8. The predicted octanol–water partition coefficient (Wildman–Crippen LogP) is 3.04. The molecule has 0 bridgehead atoms. The van der Waals surface area contributed by atoms with E-state index in [1.807, 2.05) is 37.3 Å². The SMILES string of the molecule is CCc1cccnc1C(O)c1cc(C)ccc1OC. The molecule has 1 aromatic heterocycles.